The first-order valence-electron chi connectivity index (χ1n) is 8.94. The van der Waals surface area contributed by atoms with E-state index in [4.69, 9.17) is 0 Å². The maximum absolute atomic E-state index is 4.51. The molecule has 0 fully saturated rings. The molecule has 0 nitrogen and oxygen atoms in total. The molecule has 0 spiro atoms. The zero-order valence-corrected chi connectivity index (χ0v) is 16.3. The molecule has 2 aliphatic rings. The van der Waals surface area contributed by atoms with Crippen molar-refractivity contribution in [2.45, 2.75) is 19.3 Å². The summed E-state index contributed by atoms with van der Waals surface area (Å²) in [5.41, 5.74) is 5.83. The van der Waals surface area contributed by atoms with Gasteiger partial charge in [-0.15, -0.1) is 0 Å². The summed E-state index contributed by atoms with van der Waals surface area (Å²) in [6, 6.07) is 24.5. The Morgan fingerprint density at radius 3 is 2.64 bits per heavy atom. The van der Waals surface area contributed by atoms with Gasteiger partial charge in [0.25, 0.3) is 0 Å². The molecule has 0 bridgehead atoms. The van der Waals surface area contributed by atoms with E-state index in [0.717, 1.165) is 0 Å². The molecular formula is C24H20I-. The van der Waals surface area contributed by atoms with Gasteiger partial charge in [0.05, 0.1) is 0 Å². The van der Waals surface area contributed by atoms with Crippen LogP contribution in [0.5, 0.6) is 0 Å². The summed E-state index contributed by atoms with van der Waals surface area (Å²) in [6.45, 7) is 4.51. The van der Waals surface area contributed by atoms with Crippen LogP contribution in [0.4, 0.5) is 0 Å². The van der Waals surface area contributed by atoms with E-state index in [9.17, 15) is 0 Å². The molecule has 25 heavy (non-hydrogen) atoms. The van der Waals surface area contributed by atoms with Gasteiger partial charge in [0.1, 0.15) is 0 Å². The van der Waals surface area contributed by atoms with Crippen LogP contribution in [0.2, 0.25) is 0 Å². The molecule has 5 rings (SSSR count). The zero-order chi connectivity index (χ0) is 16.8. The van der Waals surface area contributed by atoms with Crippen LogP contribution in [0.1, 0.15) is 30.4 Å². The first kappa shape index (κ1) is 15.4. The number of benzene rings is 3. The van der Waals surface area contributed by atoms with Crippen LogP contribution in [-0.2, 0) is 0 Å². The van der Waals surface area contributed by atoms with Gasteiger partial charge in [0, 0.05) is 0 Å². The normalized spacial score (nSPS) is 19.3. The van der Waals surface area contributed by atoms with Gasteiger partial charge in [-0.3, -0.25) is 0 Å². The van der Waals surface area contributed by atoms with Gasteiger partial charge in [-0.2, -0.15) is 0 Å². The first-order chi connectivity index (χ1) is 12.3. The molecule has 1 aliphatic heterocycles. The first-order valence-corrected chi connectivity index (χ1v) is 11.1. The fourth-order valence-electron chi connectivity index (χ4n) is 4.10. The summed E-state index contributed by atoms with van der Waals surface area (Å²) in [5.74, 6) is 0.579. The standard InChI is InChI=1S/C24H20I/c1-16(18-11-10-17-6-2-3-7-20(17)14-18)19-12-13-24-22(15-19)21-8-4-5-9-23(21)25-24/h2-11,14,19H,1,12-13,15H2/q-1/t19-/m0/s1. The van der Waals surface area contributed by atoms with Crippen molar-refractivity contribution in [3.63, 3.8) is 0 Å². The number of hydrogen-bond acceptors (Lipinski definition) is 0. The Labute approximate surface area is 159 Å². The minimum atomic E-state index is 0.0927. The molecule has 1 heterocycles. The summed E-state index contributed by atoms with van der Waals surface area (Å²) < 4.78 is 3.41. The number of allylic oxidation sites excluding steroid dienone is 3. The van der Waals surface area contributed by atoms with E-state index in [2.05, 4.69) is 73.3 Å². The molecule has 0 amide bonds. The molecule has 1 heteroatoms. The van der Waals surface area contributed by atoms with Gasteiger partial charge in [0.15, 0.2) is 0 Å². The van der Waals surface area contributed by atoms with Gasteiger partial charge < -0.3 is 0 Å². The summed E-state index contributed by atoms with van der Waals surface area (Å²) in [7, 11) is 0. The number of rotatable bonds is 2. The molecule has 0 aromatic heterocycles. The van der Waals surface area contributed by atoms with E-state index in [1.165, 1.54) is 41.2 Å². The minimum absolute atomic E-state index is 0.0927. The van der Waals surface area contributed by atoms with Crippen molar-refractivity contribution in [1.29, 1.82) is 0 Å². The molecule has 0 radical (unpaired) electrons. The average Bonchev–Trinajstić information content (AvgIpc) is 3.05. The van der Waals surface area contributed by atoms with Crippen LogP contribution in [0.15, 0.2) is 76.9 Å². The summed E-state index contributed by atoms with van der Waals surface area (Å²) in [4.78, 5) is 0. The van der Waals surface area contributed by atoms with Crippen LogP contribution < -0.4 is 21.2 Å². The molecule has 3 aromatic carbocycles. The van der Waals surface area contributed by atoms with Crippen LogP contribution in [-0.4, -0.2) is 0 Å². The van der Waals surface area contributed by atoms with Crippen molar-refractivity contribution in [1.82, 2.24) is 0 Å². The van der Waals surface area contributed by atoms with E-state index < -0.39 is 0 Å². The monoisotopic (exact) mass is 435 g/mol. The Bertz CT molecular complexity index is 1020. The Morgan fingerprint density at radius 2 is 1.72 bits per heavy atom. The summed E-state index contributed by atoms with van der Waals surface area (Å²) in [5, 5.41) is 2.62. The van der Waals surface area contributed by atoms with E-state index in [1.807, 2.05) is 0 Å². The number of halogens is 1. The fraction of sp³-hybridized carbons (Fsp3) is 0.167. The zero-order valence-electron chi connectivity index (χ0n) is 14.1. The van der Waals surface area contributed by atoms with Crippen molar-refractivity contribution in [2.75, 3.05) is 0 Å². The van der Waals surface area contributed by atoms with Gasteiger partial charge >= 0.3 is 160 Å². The Balaban J connectivity index is 1.45. The third kappa shape index (κ3) is 2.65. The predicted molar refractivity (Wildman–Crippen MR) is 102 cm³/mol. The van der Waals surface area contributed by atoms with Crippen LogP contribution in [0, 0.1) is 9.49 Å². The Morgan fingerprint density at radius 1 is 0.920 bits per heavy atom. The topological polar surface area (TPSA) is 0 Å². The van der Waals surface area contributed by atoms with Crippen LogP contribution in [0.25, 0.3) is 21.9 Å². The third-order valence-corrected chi connectivity index (χ3v) is 8.88. The molecular weight excluding hydrogens is 415 g/mol. The maximum atomic E-state index is 4.51. The molecule has 124 valence electrons. The molecule has 0 saturated heterocycles. The number of hydrogen-bond donors (Lipinski definition) is 0. The second-order valence-electron chi connectivity index (χ2n) is 6.98. The second-order valence-corrected chi connectivity index (χ2v) is 9.99. The van der Waals surface area contributed by atoms with Crippen molar-refractivity contribution >= 4 is 21.9 Å². The Kier molecular flexibility index (Phi) is 3.78. The van der Waals surface area contributed by atoms with Crippen molar-refractivity contribution in [3.8, 4) is 0 Å². The van der Waals surface area contributed by atoms with E-state index in [-0.39, 0.29) is 21.2 Å². The Hall–Kier alpha value is -1.87. The van der Waals surface area contributed by atoms with Gasteiger partial charge in [-0.25, -0.2) is 0 Å². The van der Waals surface area contributed by atoms with E-state index in [0.29, 0.717) is 5.92 Å². The van der Waals surface area contributed by atoms with Crippen LogP contribution in [0.3, 0.4) is 0 Å². The van der Waals surface area contributed by atoms with Crippen molar-refractivity contribution < 1.29 is 21.2 Å². The van der Waals surface area contributed by atoms with E-state index >= 15 is 0 Å². The fourth-order valence-corrected chi connectivity index (χ4v) is 7.41. The SMILES string of the molecule is C=C(c1ccc2ccccc2c1)[C@H]1CCC2=C(C1)c1ccccc1[I-]2. The molecule has 3 aromatic rings. The quantitative estimate of drug-likeness (QED) is 0.542. The van der Waals surface area contributed by atoms with Gasteiger partial charge in [0.2, 0.25) is 0 Å². The van der Waals surface area contributed by atoms with E-state index in [1.54, 1.807) is 18.3 Å². The second kappa shape index (κ2) is 6.14. The van der Waals surface area contributed by atoms with Crippen LogP contribution >= 0.6 is 0 Å². The summed E-state index contributed by atoms with van der Waals surface area (Å²) in [6.07, 6.45) is 3.71. The number of fused-ring (bicyclic) bond motifs is 3. The van der Waals surface area contributed by atoms with Crippen molar-refractivity contribution in [3.05, 3.63) is 91.6 Å². The third-order valence-electron chi connectivity index (χ3n) is 5.52. The molecule has 1 atom stereocenters. The molecule has 0 N–H and O–H groups in total. The summed E-state index contributed by atoms with van der Waals surface area (Å²) >= 11 is 0.0927. The molecule has 1 aliphatic carbocycles. The van der Waals surface area contributed by atoms with Gasteiger partial charge in [-0.05, 0) is 0 Å². The predicted octanol–water partition coefficient (Wildman–Crippen LogP) is 3.34. The van der Waals surface area contributed by atoms with Gasteiger partial charge in [-0.1, -0.05) is 0 Å². The molecule has 0 saturated carbocycles. The van der Waals surface area contributed by atoms with Crippen molar-refractivity contribution in [2.24, 2.45) is 5.92 Å². The molecule has 0 unspecified atom stereocenters. The average molecular weight is 435 g/mol.